The Morgan fingerprint density at radius 1 is 1.16 bits per heavy atom. The van der Waals surface area contributed by atoms with Crippen molar-refractivity contribution in [3.63, 3.8) is 0 Å². The van der Waals surface area contributed by atoms with E-state index in [1.807, 2.05) is 6.07 Å². The Morgan fingerprint density at radius 3 is 2.76 bits per heavy atom. The van der Waals surface area contributed by atoms with Crippen LogP contribution < -0.4 is 4.74 Å². The normalized spacial score (nSPS) is 25.1. The highest BCUT2D eigenvalue weighted by Crippen LogP contribution is 2.29. The summed E-state index contributed by atoms with van der Waals surface area (Å²) in [6.45, 7) is 5.36. The van der Waals surface area contributed by atoms with Crippen molar-refractivity contribution in [2.24, 2.45) is 5.92 Å². The Labute approximate surface area is 146 Å². The van der Waals surface area contributed by atoms with Crippen LogP contribution in [0.4, 0.5) is 13.2 Å². The molecule has 3 fully saturated rings. The first-order valence-electron chi connectivity index (χ1n) is 8.73. The molecule has 7 heteroatoms. The molecular weight excluding hydrogens is 333 g/mol. The van der Waals surface area contributed by atoms with Gasteiger partial charge < -0.3 is 9.47 Å². The third-order valence-corrected chi connectivity index (χ3v) is 5.02. The average molecular weight is 358 g/mol. The van der Waals surface area contributed by atoms with Gasteiger partial charge in [0.15, 0.2) is 0 Å². The van der Waals surface area contributed by atoms with Crippen molar-refractivity contribution in [2.75, 3.05) is 39.9 Å². The molecule has 0 unspecified atom stereocenters. The van der Waals surface area contributed by atoms with Crippen molar-refractivity contribution in [3.8, 4) is 5.75 Å². The molecule has 4 nitrogen and oxygen atoms in total. The van der Waals surface area contributed by atoms with Crippen molar-refractivity contribution < 1.29 is 22.6 Å². The zero-order valence-corrected chi connectivity index (χ0v) is 14.5. The molecule has 2 bridgehead atoms. The number of hydrogen-bond acceptors (Lipinski definition) is 4. The van der Waals surface area contributed by atoms with Gasteiger partial charge in [0.25, 0.3) is 0 Å². The summed E-state index contributed by atoms with van der Waals surface area (Å²) in [4.78, 5) is 4.86. The van der Waals surface area contributed by atoms with E-state index >= 15 is 0 Å². The van der Waals surface area contributed by atoms with Crippen LogP contribution >= 0.6 is 0 Å². The van der Waals surface area contributed by atoms with Gasteiger partial charge in [0.2, 0.25) is 0 Å². The maximum atomic E-state index is 12.4. The highest BCUT2D eigenvalue weighted by molar-refractivity contribution is 5.28. The van der Waals surface area contributed by atoms with Gasteiger partial charge >= 0.3 is 6.36 Å². The number of nitrogens with zero attached hydrogens (tertiary/aromatic N) is 2. The minimum atomic E-state index is -4.65. The van der Waals surface area contributed by atoms with E-state index in [0.717, 1.165) is 38.3 Å². The van der Waals surface area contributed by atoms with E-state index in [0.29, 0.717) is 18.5 Å². The highest BCUT2D eigenvalue weighted by atomic mass is 19.4. The van der Waals surface area contributed by atoms with Crippen LogP contribution in [-0.2, 0) is 11.3 Å². The molecule has 3 aliphatic heterocycles. The first kappa shape index (κ1) is 18.5. The van der Waals surface area contributed by atoms with Crippen molar-refractivity contribution in [2.45, 2.75) is 31.8 Å². The summed E-state index contributed by atoms with van der Waals surface area (Å²) in [7, 11) is 1.72. The van der Waals surface area contributed by atoms with E-state index in [-0.39, 0.29) is 5.75 Å². The van der Waals surface area contributed by atoms with Gasteiger partial charge in [-0.15, -0.1) is 13.2 Å². The molecule has 0 spiro atoms. The number of methoxy groups -OCH3 is 1. The maximum absolute atomic E-state index is 12.4. The second-order valence-electron chi connectivity index (χ2n) is 6.97. The van der Waals surface area contributed by atoms with Crippen molar-refractivity contribution in [1.82, 2.24) is 9.80 Å². The standard InChI is InChI=1S/C18H25F3N2O2/c1-24-8-7-23-12-15-5-6-16(23)13-22(11-15)10-14-3-2-4-17(9-14)25-18(19,20)21/h2-4,9,15-16H,5-8,10-13H2,1H3/t15-,16+/m0/s1. The Hall–Kier alpha value is -1.31. The molecule has 1 aromatic rings. The first-order valence-corrected chi connectivity index (χ1v) is 8.73. The predicted octanol–water partition coefficient (Wildman–Crippen LogP) is 3.13. The van der Waals surface area contributed by atoms with Gasteiger partial charge in [0, 0.05) is 45.9 Å². The molecule has 0 radical (unpaired) electrons. The van der Waals surface area contributed by atoms with Gasteiger partial charge in [-0.25, -0.2) is 0 Å². The minimum absolute atomic E-state index is 0.149. The zero-order valence-electron chi connectivity index (χ0n) is 14.5. The molecule has 0 amide bonds. The van der Waals surface area contributed by atoms with Gasteiger partial charge in [-0.2, -0.15) is 0 Å². The van der Waals surface area contributed by atoms with Crippen LogP contribution in [0.3, 0.4) is 0 Å². The lowest BCUT2D eigenvalue weighted by Gasteiger charge is -2.35. The molecule has 1 aromatic carbocycles. The number of fused-ring (bicyclic) bond motifs is 4. The Morgan fingerprint density at radius 2 is 2.00 bits per heavy atom. The topological polar surface area (TPSA) is 24.9 Å². The fourth-order valence-electron chi connectivity index (χ4n) is 3.99. The summed E-state index contributed by atoms with van der Waals surface area (Å²) in [6.07, 6.45) is -2.24. The highest BCUT2D eigenvalue weighted by Gasteiger charge is 2.34. The number of halogens is 3. The van der Waals surface area contributed by atoms with Gasteiger partial charge in [-0.1, -0.05) is 12.1 Å². The summed E-state index contributed by atoms with van der Waals surface area (Å²) in [6, 6.07) is 6.81. The number of rotatable bonds is 6. The lowest BCUT2D eigenvalue weighted by atomic mass is 9.95. The van der Waals surface area contributed by atoms with Crippen LogP contribution in [-0.4, -0.2) is 62.1 Å². The van der Waals surface area contributed by atoms with E-state index in [9.17, 15) is 13.2 Å². The summed E-state index contributed by atoms with van der Waals surface area (Å²) in [5, 5.41) is 0. The maximum Gasteiger partial charge on any atom is 0.573 e. The molecule has 0 N–H and O–H groups in total. The quantitative estimate of drug-likeness (QED) is 0.780. The summed E-state index contributed by atoms with van der Waals surface area (Å²) >= 11 is 0. The van der Waals surface area contributed by atoms with Crippen molar-refractivity contribution in [3.05, 3.63) is 29.8 Å². The molecule has 140 valence electrons. The van der Waals surface area contributed by atoms with Crippen molar-refractivity contribution >= 4 is 0 Å². The molecular formula is C18H25F3N2O2. The van der Waals surface area contributed by atoms with Gasteiger partial charge in [0.1, 0.15) is 5.75 Å². The van der Waals surface area contributed by atoms with Crippen LogP contribution in [0.25, 0.3) is 0 Å². The molecule has 25 heavy (non-hydrogen) atoms. The molecule has 0 aromatic heterocycles. The van der Waals surface area contributed by atoms with Crippen LogP contribution in [0.5, 0.6) is 5.75 Å². The number of benzene rings is 1. The smallest absolute Gasteiger partial charge is 0.406 e. The second-order valence-corrected chi connectivity index (χ2v) is 6.97. The van der Waals surface area contributed by atoms with Gasteiger partial charge in [0.05, 0.1) is 6.61 Å². The number of alkyl halides is 3. The van der Waals surface area contributed by atoms with E-state index in [1.165, 1.54) is 25.0 Å². The van der Waals surface area contributed by atoms with Crippen LogP contribution in [0, 0.1) is 5.92 Å². The zero-order chi connectivity index (χ0) is 17.9. The predicted molar refractivity (Wildman–Crippen MR) is 88.4 cm³/mol. The Balaban J connectivity index is 1.63. The number of piperidine rings is 1. The van der Waals surface area contributed by atoms with Crippen LogP contribution in [0.1, 0.15) is 18.4 Å². The summed E-state index contributed by atoms with van der Waals surface area (Å²) in [5.74, 6) is 0.467. The molecule has 2 atom stereocenters. The lowest BCUT2D eigenvalue weighted by molar-refractivity contribution is -0.274. The van der Waals surface area contributed by atoms with E-state index in [1.54, 1.807) is 13.2 Å². The van der Waals surface area contributed by atoms with Gasteiger partial charge in [-0.3, -0.25) is 9.80 Å². The van der Waals surface area contributed by atoms with E-state index < -0.39 is 6.36 Å². The lowest BCUT2D eigenvalue weighted by Crippen LogP contribution is -2.45. The second kappa shape index (κ2) is 7.93. The molecule has 4 rings (SSSR count). The first-order chi connectivity index (χ1) is 11.9. The Bertz CT molecular complexity index is 567. The largest absolute Gasteiger partial charge is 0.573 e. The monoisotopic (exact) mass is 358 g/mol. The number of hydrogen-bond donors (Lipinski definition) is 0. The summed E-state index contributed by atoms with van der Waals surface area (Å²) < 4.78 is 46.4. The molecule has 3 heterocycles. The van der Waals surface area contributed by atoms with Crippen LogP contribution in [0.2, 0.25) is 0 Å². The minimum Gasteiger partial charge on any atom is -0.406 e. The van der Waals surface area contributed by atoms with E-state index in [4.69, 9.17) is 4.74 Å². The van der Waals surface area contributed by atoms with Crippen molar-refractivity contribution in [1.29, 1.82) is 0 Å². The van der Waals surface area contributed by atoms with E-state index in [2.05, 4.69) is 14.5 Å². The fraction of sp³-hybridized carbons (Fsp3) is 0.667. The Kier molecular flexibility index (Phi) is 5.86. The molecule has 3 aliphatic rings. The molecule has 0 aliphatic carbocycles. The SMILES string of the molecule is COCCN1C[C@H]2CC[C@@H]1CN(Cc1cccc(OC(F)(F)F)c1)C2. The average Bonchev–Trinajstić information content (AvgIpc) is 2.82. The third-order valence-electron chi connectivity index (χ3n) is 5.02. The fourth-order valence-corrected chi connectivity index (χ4v) is 3.99. The van der Waals surface area contributed by atoms with Gasteiger partial charge in [-0.05, 0) is 36.5 Å². The summed E-state index contributed by atoms with van der Waals surface area (Å²) in [5.41, 5.74) is 0.853. The molecule has 3 saturated heterocycles. The number of ether oxygens (including phenoxy) is 2. The molecule has 0 saturated carbocycles. The van der Waals surface area contributed by atoms with Crippen LogP contribution in [0.15, 0.2) is 24.3 Å². The third kappa shape index (κ3) is 5.33.